The van der Waals surface area contributed by atoms with Crippen LogP contribution in [0.4, 0.5) is 23.1 Å². The zero-order valence-electron chi connectivity index (χ0n) is 14.3. The summed E-state index contributed by atoms with van der Waals surface area (Å²) in [7, 11) is 0. The lowest BCUT2D eigenvalue weighted by Gasteiger charge is -2.15. The molecule has 0 aliphatic rings. The minimum Gasteiger partial charge on any atom is -0.489 e. The second-order valence-electron chi connectivity index (χ2n) is 5.80. The van der Waals surface area contributed by atoms with Crippen LogP contribution in [-0.4, -0.2) is 16.1 Å². The van der Waals surface area contributed by atoms with Gasteiger partial charge in [-0.3, -0.25) is 0 Å². The monoisotopic (exact) mass is 388 g/mol. The number of rotatable bonds is 6. The van der Waals surface area contributed by atoms with Gasteiger partial charge in [-0.1, -0.05) is 35.3 Å². The van der Waals surface area contributed by atoms with Gasteiger partial charge in [0.1, 0.15) is 11.6 Å². The number of para-hydroxylation sites is 2. The highest BCUT2D eigenvalue weighted by atomic mass is 35.5. The smallest absolute Gasteiger partial charge is 0.229 e. The minimum atomic E-state index is 0.0665. The fourth-order valence-corrected chi connectivity index (χ4v) is 2.60. The molecule has 0 saturated carbocycles. The number of nitrogens with zero attached hydrogens (tertiary/aromatic N) is 2. The Balaban J connectivity index is 1.81. The first-order valence-electron chi connectivity index (χ1n) is 8.09. The van der Waals surface area contributed by atoms with Crippen LogP contribution in [0, 0.1) is 0 Å². The fraction of sp³-hybridized carbons (Fsp3) is 0.158. The Hall–Kier alpha value is -2.50. The molecule has 0 amide bonds. The first-order chi connectivity index (χ1) is 12.5. The molecule has 2 N–H and O–H groups in total. The summed E-state index contributed by atoms with van der Waals surface area (Å²) in [5.74, 6) is 1.77. The number of aromatic nitrogens is 2. The van der Waals surface area contributed by atoms with Crippen LogP contribution >= 0.6 is 23.2 Å². The van der Waals surface area contributed by atoms with Gasteiger partial charge in [-0.25, -0.2) is 4.98 Å². The average Bonchev–Trinajstić information content (AvgIpc) is 2.60. The minimum absolute atomic E-state index is 0.0665. The Morgan fingerprint density at radius 1 is 0.962 bits per heavy atom. The lowest BCUT2D eigenvalue weighted by molar-refractivity contribution is 0.244. The number of nitrogens with one attached hydrogen (secondary N) is 2. The van der Waals surface area contributed by atoms with Gasteiger partial charge >= 0.3 is 0 Å². The topological polar surface area (TPSA) is 59.1 Å². The number of benzene rings is 2. The van der Waals surface area contributed by atoms with E-state index in [0.717, 1.165) is 11.4 Å². The van der Waals surface area contributed by atoms with Gasteiger partial charge in [0.2, 0.25) is 5.95 Å². The molecule has 26 heavy (non-hydrogen) atoms. The molecule has 2 aromatic carbocycles. The third kappa shape index (κ3) is 4.77. The van der Waals surface area contributed by atoms with Gasteiger partial charge in [-0.2, -0.15) is 4.98 Å². The lowest BCUT2D eigenvalue weighted by Crippen LogP contribution is -2.08. The second-order valence-corrected chi connectivity index (χ2v) is 6.65. The highest BCUT2D eigenvalue weighted by Crippen LogP contribution is 2.29. The molecule has 0 bridgehead atoms. The molecule has 0 saturated heterocycles. The van der Waals surface area contributed by atoms with E-state index < -0.39 is 0 Å². The number of hydrogen-bond donors (Lipinski definition) is 2. The van der Waals surface area contributed by atoms with Crippen molar-refractivity contribution in [3.8, 4) is 5.75 Å². The summed E-state index contributed by atoms with van der Waals surface area (Å²) in [6.45, 7) is 3.96. The van der Waals surface area contributed by atoms with Crippen molar-refractivity contribution in [1.82, 2.24) is 9.97 Å². The molecule has 3 rings (SSSR count). The molecule has 0 atom stereocenters. The molecule has 5 nitrogen and oxygen atoms in total. The Morgan fingerprint density at radius 2 is 1.77 bits per heavy atom. The van der Waals surface area contributed by atoms with Gasteiger partial charge in [0.25, 0.3) is 0 Å². The van der Waals surface area contributed by atoms with Crippen molar-refractivity contribution in [1.29, 1.82) is 0 Å². The standard InChI is InChI=1S/C19H18Cl2N4O/c1-12(2)26-17-6-4-3-5-15(17)24-19-22-10-9-18(25-19)23-16-11-13(20)7-8-14(16)21/h3-12H,1-2H3,(H2,22,23,24,25). The predicted octanol–water partition coefficient (Wildman–Crippen LogP) is 6.06. The normalized spacial score (nSPS) is 10.7. The van der Waals surface area contributed by atoms with Crippen LogP contribution in [0.15, 0.2) is 54.7 Å². The quantitative estimate of drug-likeness (QED) is 0.537. The molecule has 7 heteroatoms. The SMILES string of the molecule is CC(C)Oc1ccccc1Nc1nccc(Nc2cc(Cl)ccc2Cl)n1. The summed E-state index contributed by atoms with van der Waals surface area (Å²) in [6.07, 6.45) is 1.72. The van der Waals surface area contributed by atoms with E-state index in [0.29, 0.717) is 27.5 Å². The van der Waals surface area contributed by atoms with Gasteiger partial charge in [-0.15, -0.1) is 0 Å². The van der Waals surface area contributed by atoms with Crippen molar-refractivity contribution in [2.45, 2.75) is 20.0 Å². The number of ether oxygens (including phenoxy) is 1. The van der Waals surface area contributed by atoms with Crippen molar-refractivity contribution in [3.05, 3.63) is 64.8 Å². The van der Waals surface area contributed by atoms with Crippen molar-refractivity contribution in [3.63, 3.8) is 0 Å². The van der Waals surface area contributed by atoms with E-state index in [1.807, 2.05) is 38.1 Å². The summed E-state index contributed by atoms with van der Waals surface area (Å²) in [4.78, 5) is 8.72. The molecule has 0 aliphatic heterocycles. The van der Waals surface area contributed by atoms with E-state index in [4.69, 9.17) is 27.9 Å². The summed E-state index contributed by atoms with van der Waals surface area (Å²) in [5, 5.41) is 7.47. The van der Waals surface area contributed by atoms with Crippen LogP contribution in [0.3, 0.4) is 0 Å². The fourth-order valence-electron chi connectivity index (χ4n) is 2.27. The molecular weight excluding hydrogens is 371 g/mol. The van der Waals surface area contributed by atoms with Crippen molar-refractivity contribution in [2.75, 3.05) is 10.6 Å². The predicted molar refractivity (Wildman–Crippen MR) is 107 cm³/mol. The third-order valence-corrected chi connectivity index (χ3v) is 3.91. The summed E-state index contributed by atoms with van der Waals surface area (Å²) < 4.78 is 5.81. The first-order valence-corrected chi connectivity index (χ1v) is 8.84. The maximum atomic E-state index is 6.19. The van der Waals surface area contributed by atoms with Crippen LogP contribution in [0.1, 0.15) is 13.8 Å². The van der Waals surface area contributed by atoms with Gasteiger partial charge < -0.3 is 15.4 Å². The lowest BCUT2D eigenvalue weighted by atomic mass is 10.3. The van der Waals surface area contributed by atoms with Gasteiger partial charge in [0, 0.05) is 11.2 Å². The zero-order valence-corrected chi connectivity index (χ0v) is 15.8. The van der Waals surface area contributed by atoms with Crippen LogP contribution < -0.4 is 15.4 Å². The van der Waals surface area contributed by atoms with E-state index in [2.05, 4.69) is 20.6 Å². The maximum absolute atomic E-state index is 6.19. The molecule has 3 aromatic rings. The van der Waals surface area contributed by atoms with Crippen LogP contribution in [0.25, 0.3) is 0 Å². The summed E-state index contributed by atoms with van der Waals surface area (Å²) >= 11 is 12.2. The van der Waals surface area contributed by atoms with Crippen LogP contribution in [0.2, 0.25) is 10.0 Å². The average molecular weight is 389 g/mol. The molecule has 134 valence electrons. The third-order valence-electron chi connectivity index (χ3n) is 3.34. The molecule has 0 unspecified atom stereocenters. The highest BCUT2D eigenvalue weighted by molar-refractivity contribution is 6.35. The Labute approximate surface area is 162 Å². The molecule has 0 radical (unpaired) electrons. The van der Waals surface area contributed by atoms with E-state index in [-0.39, 0.29) is 6.10 Å². The van der Waals surface area contributed by atoms with E-state index in [1.54, 1.807) is 30.5 Å². The molecule has 1 aromatic heterocycles. The number of anilines is 4. The Morgan fingerprint density at radius 3 is 2.58 bits per heavy atom. The highest BCUT2D eigenvalue weighted by Gasteiger charge is 2.08. The van der Waals surface area contributed by atoms with Crippen molar-refractivity contribution >= 4 is 46.3 Å². The Kier molecular flexibility index (Phi) is 5.81. The van der Waals surface area contributed by atoms with Crippen LogP contribution in [0.5, 0.6) is 5.75 Å². The molecule has 0 fully saturated rings. The van der Waals surface area contributed by atoms with E-state index in [9.17, 15) is 0 Å². The summed E-state index contributed by atoms with van der Waals surface area (Å²) in [6, 6.07) is 14.6. The van der Waals surface area contributed by atoms with E-state index >= 15 is 0 Å². The number of halogens is 2. The zero-order chi connectivity index (χ0) is 18.5. The number of hydrogen-bond acceptors (Lipinski definition) is 5. The molecule has 0 spiro atoms. The second kappa shape index (κ2) is 8.25. The van der Waals surface area contributed by atoms with E-state index in [1.165, 1.54) is 0 Å². The first kappa shape index (κ1) is 18.3. The van der Waals surface area contributed by atoms with Crippen molar-refractivity contribution in [2.24, 2.45) is 0 Å². The molecule has 0 aliphatic carbocycles. The molecule has 1 heterocycles. The largest absolute Gasteiger partial charge is 0.489 e. The maximum Gasteiger partial charge on any atom is 0.229 e. The van der Waals surface area contributed by atoms with Gasteiger partial charge in [0.05, 0.1) is 22.5 Å². The molecular formula is C19H18Cl2N4O. The van der Waals surface area contributed by atoms with Crippen LogP contribution in [-0.2, 0) is 0 Å². The Bertz CT molecular complexity index is 902. The van der Waals surface area contributed by atoms with Gasteiger partial charge in [0.15, 0.2) is 0 Å². The van der Waals surface area contributed by atoms with Gasteiger partial charge in [-0.05, 0) is 50.2 Å². The van der Waals surface area contributed by atoms with Crippen molar-refractivity contribution < 1.29 is 4.74 Å². The summed E-state index contributed by atoms with van der Waals surface area (Å²) in [5.41, 5.74) is 1.46.